The van der Waals surface area contributed by atoms with Gasteiger partial charge in [-0.1, -0.05) is 6.07 Å². The highest BCUT2D eigenvalue weighted by Crippen LogP contribution is 2.09. The number of anilines is 1. The minimum absolute atomic E-state index is 0.0242. The summed E-state index contributed by atoms with van der Waals surface area (Å²) in [5.74, 6) is -0.776. The van der Waals surface area contributed by atoms with Crippen molar-refractivity contribution in [3.63, 3.8) is 0 Å². The van der Waals surface area contributed by atoms with Crippen molar-refractivity contribution in [3.05, 3.63) is 30.1 Å². The third-order valence-corrected chi connectivity index (χ3v) is 3.06. The Labute approximate surface area is 99.8 Å². The van der Waals surface area contributed by atoms with Gasteiger partial charge >= 0.3 is 0 Å². The molecule has 0 saturated heterocycles. The Morgan fingerprint density at radius 3 is 2.71 bits per heavy atom. The molecule has 0 unspecified atom stereocenters. The maximum atomic E-state index is 12.8. The molecule has 0 aliphatic rings. The summed E-state index contributed by atoms with van der Waals surface area (Å²) < 4.78 is 34.5. The number of rotatable bonds is 5. The first-order valence-corrected chi connectivity index (χ1v) is 7.16. The van der Waals surface area contributed by atoms with Crippen LogP contribution in [0.4, 0.5) is 10.1 Å². The average molecular weight is 259 g/mol. The van der Waals surface area contributed by atoms with Gasteiger partial charge < -0.3 is 5.32 Å². The van der Waals surface area contributed by atoms with Gasteiger partial charge in [0.05, 0.1) is 5.75 Å². The van der Waals surface area contributed by atoms with Crippen molar-refractivity contribution in [2.45, 2.75) is 12.8 Å². The molecule has 17 heavy (non-hydrogen) atoms. The zero-order chi connectivity index (χ0) is 12.9. The molecule has 0 radical (unpaired) electrons. The number of nitrogens with one attached hydrogen (secondary N) is 1. The topological polar surface area (TPSA) is 63.2 Å². The van der Waals surface area contributed by atoms with Crippen molar-refractivity contribution in [1.29, 1.82) is 0 Å². The van der Waals surface area contributed by atoms with E-state index in [1.165, 1.54) is 18.2 Å². The van der Waals surface area contributed by atoms with E-state index < -0.39 is 15.7 Å². The van der Waals surface area contributed by atoms with Gasteiger partial charge in [0.15, 0.2) is 0 Å². The predicted molar refractivity (Wildman–Crippen MR) is 64.0 cm³/mol. The van der Waals surface area contributed by atoms with Crippen molar-refractivity contribution in [2.75, 3.05) is 17.3 Å². The fourth-order valence-corrected chi connectivity index (χ4v) is 1.95. The number of carbonyl (C=O) groups is 1. The molecule has 94 valence electrons. The summed E-state index contributed by atoms with van der Waals surface area (Å²) in [6.45, 7) is 0. The smallest absolute Gasteiger partial charge is 0.224 e. The molecule has 0 aliphatic carbocycles. The molecule has 1 aromatic rings. The summed E-state index contributed by atoms with van der Waals surface area (Å²) in [5.41, 5.74) is 0.370. The van der Waals surface area contributed by atoms with E-state index >= 15 is 0 Å². The molecular weight excluding hydrogens is 245 g/mol. The van der Waals surface area contributed by atoms with E-state index in [-0.39, 0.29) is 24.5 Å². The molecule has 0 heterocycles. The number of sulfone groups is 1. The fourth-order valence-electron chi connectivity index (χ4n) is 1.28. The maximum Gasteiger partial charge on any atom is 0.224 e. The van der Waals surface area contributed by atoms with Crippen LogP contribution in [-0.4, -0.2) is 26.3 Å². The molecule has 1 aromatic carbocycles. The number of halogens is 1. The summed E-state index contributed by atoms with van der Waals surface area (Å²) in [6, 6.07) is 5.53. The minimum Gasteiger partial charge on any atom is -0.326 e. The Balaban J connectivity index is 2.40. The van der Waals surface area contributed by atoms with Crippen molar-refractivity contribution in [1.82, 2.24) is 0 Å². The molecule has 1 N–H and O–H groups in total. The molecule has 0 saturated carbocycles. The molecule has 0 spiro atoms. The van der Waals surface area contributed by atoms with Crippen LogP contribution in [0.5, 0.6) is 0 Å². The maximum absolute atomic E-state index is 12.8. The third kappa shape index (κ3) is 6.01. The van der Waals surface area contributed by atoms with E-state index in [0.29, 0.717) is 5.69 Å². The molecule has 0 atom stereocenters. The number of hydrogen-bond acceptors (Lipinski definition) is 3. The molecular formula is C11H14FNO3S. The highest BCUT2D eigenvalue weighted by molar-refractivity contribution is 7.90. The standard InChI is InChI=1S/C11H14FNO3S/c1-17(15,16)7-3-6-11(14)13-10-5-2-4-9(12)8-10/h2,4-5,8H,3,6-7H2,1H3,(H,13,14). The highest BCUT2D eigenvalue weighted by Gasteiger charge is 2.06. The third-order valence-electron chi connectivity index (χ3n) is 2.03. The van der Waals surface area contributed by atoms with Crippen molar-refractivity contribution >= 4 is 21.4 Å². The van der Waals surface area contributed by atoms with Crippen LogP contribution in [0.1, 0.15) is 12.8 Å². The first-order chi connectivity index (χ1) is 7.87. The fraction of sp³-hybridized carbons (Fsp3) is 0.364. The van der Waals surface area contributed by atoms with Crippen molar-refractivity contribution < 1.29 is 17.6 Å². The van der Waals surface area contributed by atoms with Crippen LogP contribution in [0.3, 0.4) is 0 Å². The SMILES string of the molecule is CS(=O)(=O)CCCC(=O)Nc1cccc(F)c1. The minimum atomic E-state index is -3.04. The zero-order valence-corrected chi connectivity index (χ0v) is 10.3. The van der Waals surface area contributed by atoms with Gasteiger partial charge in [-0.2, -0.15) is 0 Å². The monoisotopic (exact) mass is 259 g/mol. The molecule has 1 rings (SSSR count). The molecule has 0 aromatic heterocycles. The number of benzene rings is 1. The lowest BCUT2D eigenvalue weighted by molar-refractivity contribution is -0.116. The quantitative estimate of drug-likeness (QED) is 0.873. The molecule has 0 fully saturated rings. The van der Waals surface area contributed by atoms with E-state index in [1.54, 1.807) is 6.07 Å². The predicted octanol–water partition coefficient (Wildman–Crippen LogP) is 1.59. The van der Waals surface area contributed by atoms with Gasteiger partial charge in [0.2, 0.25) is 5.91 Å². The van der Waals surface area contributed by atoms with Crippen LogP contribution in [0.25, 0.3) is 0 Å². The number of hydrogen-bond donors (Lipinski definition) is 1. The highest BCUT2D eigenvalue weighted by atomic mass is 32.2. The Morgan fingerprint density at radius 2 is 2.12 bits per heavy atom. The lowest BCUT2D eigenvalue weighted by Crippen LogP contribution is -2.13. The lowest BCUT2D eigenvalue weighted by Gasteiger charge is -2.04. The summed E-state index contributed by atoms with van der Waals surface area (Å²) in [4.78, 5) is 11.4. The Morgan fingerprint density at radius 1 is 1.41 bits per heavy atom. The summed E-state index contributed by atoms with van der Waals surface area (Å²) in [5, 5.41) is 2.50. The van der Waals surface area contributed by atoms with E-state index in [0.717, 1.165) is 6.26 Å². The first-order valence-electron chi connectivity index (χ1n) is 5.10. The molecule has 4 nitrogen and oxygen atoms in total. The Bertz CT molecular complexity index is 499. The van der Waals surface area contributed by atoms with Gasteiger partial charge in [-0.25, -0.2) is 12.8 Å². The van der Waals surface area contributed by atoms with Gasteiger partial charge in [0.25, 0.3) is 0 Å². The number of amides is 1. The van der Waals surface area contributed by atoms with Gasteiger partial charge in [-0.3, -0.25) is 4.79 Å². The first kappa shape index (κ1) is 13.6. The molecule has 1 amide bonds. The zero-order valence-electron chi connectivity index (χ0n) is 9.44. The van der Waals surface area contributed by atoms with E-state index in [4.69, 9.17) is 0 Å². The van der Waals surface area contributed by atoms with Crippen molar-refractivity contribution in [2.24, 2.45) is 0 Å². The van der Waals surface area contributed by atoms with Gasteiger partial charge in [0, 0.05) is 18.4 Å². The molecule has 0 aliphatic heterocycles. The van der Waals surface area contributed by atoms with Crippen LogP contribution in [0.2, 0.25) is 0 Å². The largest absolute Gasteiger partial charge is 0.326 e. The summed E-state index contributed by atoms with van der Waals surface area (Å²) in [6.07, 6.45) is 1.49. The van der Waals surface area contributed by atoms with Crippen LogP contribution >= 0.6 is 0 Å². The molecule has 0 bridgehead atoms. The van der Waals surface area contributed by atoms with Crippen LogP contribution in [-0.2, 0) is 14.6 Å². The van der Waals surface area contributed by atoms with Crippen LogP contribution in [0.15, 0.2) is 24.3 Å². The van der Waals surface area contributed by atoms with Gasteiger partial charge in [-0.05, 0) is 24.6 Å². The Hall–Kier alpha value is -1.43. The van der Waals surface area contributed by atoms with Crippen molar-refractivity contribution in [3.8, 4) is 0 Å². The lowest BCUT2D eigenvalue weighted by atomic mass is 10.3. The van der Waals surface area contributed by atoms with Gasteiger partial charge in [-0.15, -0.1) is 0 Å². The average Bonchev–Trinajstić information content (AvgIpc) is 2.15. The summed E-state index contributed by atoms with van der Waals surface area (Å²) in [7, 11) is -3.04. The van der Waals surface area contributed by atoms with E-state index in [9.17, 15) is 17.6 Å². The second kappa shape index (κ2) is 5.77. The number of carbonyl (C=O) groups excluding carboxylic acids is 1. The van der Waals surface area contributed by atoms with E-state index in [1.807, 2.05) is 0 Å². The normalized spacial score (nSPS) is 11.2. The van der Waals surface area contributed by atoms with Crippen LogP contribution in [0, 0.1) is 5.82 Å². The van der Waals surface area contributed by atoms with Crippen LogP contribution < -0.4 is 5.32 Å². The molecule has 6 heteroatoms. The second-order valence-electron chi connectivity index (χ2n) is 3.79. The second-order valence-corrected chi connectivity index (χ2v) is 6.05. The summed E-state index contributed by atoms with van der Waals surface area (Å²) >= 11 is 0. The van der Waals surface area contributed by atoms with E-state index in [2.05, 4.69) is 5.32 Å². The Kier molecular flexibility index (Phi) is 4.62. The van der Waals surface area contributed by atoms with Gasteiger partial charge in [0.1, 0.15) is 15.7 Å².